The van der Waals surface area contributed by atoms with Gasteiger partial charge < -0.3 is 10.6 Å². The van der Waals surface area contributed by atoms with Gasteiger partial charge in [-0.05, 0) is 56.6 Å². The molecule has 2 aromatic rings. The summed E-state index contributed by atoms with van der Waals surface area (Å²) in [6.45, 7) is 4.60. The van der Waals surface area contributed by atoms with E-state index in [1.165, 1.54) is 6.07 Å². The Morgan fingerprint density at radius 2 is 1.90 bits per heavy atom. The van der Waals surface area contributed by atoms with E-state index in [0.29, 0.717) is 60.9 Å². The minimum absolute atomic E-state index is 0.0777. The molecule has 0 bridgehead atoms. The molecule has 0 radical (unpaired) electrons. The van der Waals surface area contributed by atoms with Crippen molar-refractivity contribution in [2.45, 2.75) is 39.2 Å². The van der Waals surface area contributed by atoms with Crippen molar-refractivity contribution in [1.29, 1.82) is 0 Å². The minimum Gasteiger partial charge on any atom is -0.352 e. The summed E-state index contributed by atoms with van der Waals surface area (Å²) in [4.78, 5) is 27.4. The van der Waals surface area contributed by atoms with Gasteiger partial charge >= 0.3 is 0 Å². The number of piperidine rings is 1. The summed E-state index contributed by atoms with van der Waals surface area (Å²) in [5.74, 6) is -0.695. The highest BCUT2D eigenvalue weighted by atomic mass is 35.5. The Morgan fingerprint density at radius 1 is 1.16 bits per heavy atom. The van der Waals surface area contributed by atoms with Gasteiger partial charge in [0.1, 0.15) is 5.82 Å². The summed E-state index contributed by atoms with van der Waals surface area (Å²) >= 11 is 5.82. The number of hydrogen-bond donors (Lipinski definition) is 2. The molecule has 0 unspecified atom stereocenters. The number of nitrogens with zero attached hydrogens (tertiary/aromatic N) is 1. The molecule has 31 heavy (non-hydrogen) atoms. The third kappa shape index (κ3) is 6.52. The molecule has 0 saturated carbocycles. The molecule has 0 atom stereocenters. The van der Waals surface area contributed by atoms with E-state index >= 15 is 0 Å². The first-order valence-electron chi connectivity index (χ1n) is 10.8. The van der Waals surface area contributed by atoms with Crippen LogP contribution < -0.4 is 10.6 Å². The minimum atomic E-state index is -0.304. The van der Waals surface area contributed by atoms with Crippen LogP contribution in [0.5, 0.6) is 0 Å². The van der Waals surface area contributed by atoms with E-state index in [-0.39, 0.29) is 23.5 Å². The number of halogens is 2. The molecule has 3 rings (SSSR count). The predicted octanol–water partition coefficient (Wildman–Crippen LogP) is 4.86. The van der Waals surface area contributed by atoms with Gasteiger partial charge in [-0.25, -0.2) is 4.39 Å². The van der Waals surface area contributed by atoms with Crippen LogP contribution in [0.2, 0.25) is 5.02 Å². The van der Waals surface area contributed by atoms with Crippen LogP contribution in [-0.2, 0) is 11.3 Å². The molecule has 1 aliphatic heterocycles. The van der Waals surface area contributed by atoms with E-state index in [4.69, 9.17) is 11.6 Å². The second-order valence-corrected chi connectivity index (χ2v) is 8.37. The highest BCUT2D eigenvalue weighted by Crippen LogP contribution is 2.24. The number of benzene rings is 2. The Kier molecular flexibility index (Phi) is 8.43. The lowest BCUT2D eigenvalue weighted by molar-refractivity contribution is -0.121. The van der Waals surface area contributed by atoms with Gasteiger partial charge in [-0.3, -0.25) is 14.5 Å². The van der Waals surface area contributed by atoms with Crippen LogP contribution in [0.3, 0.4) is 0 Å². The van der Waals surface area contributed by atoms with E-state index in [9.17, 15) is 14.0 Å². The zero-order valence-electron chi connectivity index (χ0n) is 17.8. The maximum Gasteiger partial charge on any atom is 0.253 e. The van der Waals surface area contributed by atoms with Crippen molar-refractivity contribution >= 4 is 29.1 Å². The number of carbonyl (C=O) groups excluding carboxylic acids is 2. The quantitative estimate of drug-likeness (QED) is 0.570. The molecule has 0 aliphatic carbocycles. The van der Waals surface area contributed by atoms with Crippen molar-refractivity contribution in [3.8, 4) is 0 Å². The van der Waals surface area contributed by atoms with Crippen LogP contribution in [0, 0.1) is 11.7 Å². The molecule has 2 amide bonds. The van der Waals surface area contributed by atoms with Crippen molar-refractivity contribution in [2.24, 2.45) is 5.92 Å². The summed E-state index contributed by atoms with van der Waals surface area (Å²) in [6, 6.07) is 11.8. The van der Waals surface area contributed by atoms with Gasteiger partial charge in [-0.2, -0.15) is 0 Å². The topological polar surface area (TPSA) is 61.4 Å². The molecule has 166 valence electrons. The second-order valence-electron chi connectivity index (χ2n) is 7.93. The fourth-order valence-electron chi connectivity index (χ4n) is 3.74. The Morgan fingerprint density at radius 3 is 2.61 bits per heavy atom. The van der Waals surface area contributed by atoms with Crippen LogP contribution in [-0.4, -0.2) is 36.3 Å². The van der Waals surface area contributed by atoms with E-state index < -0.39 is 0 Å². The van der Waals surface area contributed by atoms with E-state index in [2.05, 4.69) is 22.5 Å². The number of amides is 2. The molecule has 5 nitrogen and oxygen atoms in total. The summed E-state index contributed by atoms with van der Waals surface area (Å²) in [7, 11) is 0. The standard InChI is InChI=1S/C24H29ClFN3O2/c1-2-3-12-27-24(31)20-6-4-5-7-22(20)28-23(30)17-10-13-29(14-11-17)16-18-8-9-19(25)15-21(18)26/h4-9,15,17H,2-3,10-14,16H2,1H3,(H,27,31)(H,28,30). The van der Waals surface area contributed by atoms with Gasteiger partial charge in [0.25, 0.3) is 5.91 Å². The summed E-state index contributed by atoms with van der Waals surface area (Å²) < 4.78 is 14.0. The lowest BCUT2D eigenvalue weighted by Crippen LogP contribution is -2.38. The van der Waals surface area contributed by atoms with E-state index in [1.807, 2.05) is 6.07 Å². The largest absolute Gasteiger partial charge is 0.352 e. The van der Waals surface area contributed by atoms with Crippen LogP contribution in [0.4, 0.5) is 10.1 Å². The fourth-order valence-corrected chi connectivity index (χ4v) is 3.90. The number of rotatable bonds is 8. The number of hydrogen-bond acceptors (Lipinski definition) is 3. The third-order valence-electron chi connectivity index (χ3n) is 5.61. The molecule has 0 aromatic heterocycles. The molecule has 1 saturated heterocycles. The molecule has 1 aliphatic rings. The van der Waals surface area contributed by atoms with Gasteiger partial charge in [-0.1, -0.05) is 43.1 Å². The summed E-state index contributed by atoms with van der Waals surface area (Å²) in [6.07, 6.45) is 3.29. The Hall–Kier alpha value is -2.44. The number of nitrogens with one attached hydrogen (secondary N) is 2. The van der Waals surface area contributed by atoms with Crippen molar-refractivity contribution < 1.29 is 14.0 Å². The third-order valence-corrected chi connectivity index (χ3v) is 5.85. The molecule has 0 spiro atoms. The van der Waals surface area contributed by atoms with Crippen molar-refractivity contribution in [1.82, 2.24) is 10.2 Å². The number of para-hydroxylation sites is 1. The zero-order valence-corrected chi connectivity index (χ0v) is 18.6. The van der Waals surface area contributed by atoms with E-state index in [1.54, 1.807) is 30.3 Å². The summed E-state index contributed by atoms with van der Waals surface area (Å²) in [5, 5.41) is 6.22. The number of carbonyl (C=O) groups is 2. The molecule has 2 aromatic carbocycles. The van der Waals surface area contributed by atoms with E-state index in [0.717, 1.165) is 12.8 Å². The first kappa shape index (κ1) is 23.2. The van der Waals surface area contributed by atoms with Gasteiger partial charge in [0.05, 0.1) is 11.3 Å². The van der Waals surface area contributed by atoms with Crippen molar-refractivity contribution in [2.75, 3.05) is 25.0 Å². The smallest absolute Gasteiger partial charge is 0.253 e. The monoisotopic (exact) mass is 445 g/mol. The zero-order chi connectivity index (χ0) is 22.2. The van der Waals surface area contributed by atoms with Gasteiger partial charge in [-0.15, -0.1) is 0 Å². The van der Waals surface area contributed by atoms with Crippen LogP contribution in [0.15, 0.2) is 42.5 Å². The van der Waals surface area contributed by atoms with Crippen molar-refractivity contribution in [3.63, 3.8) is 0 Å². The van der Waals surface area contributed by atoms with Crippen molar-refractivity contribution in [3.05, 3.63) is 64.4 Å². The maximum absolute atomic E-state index is 14.0. The average Bonchev–Trinajstić information content (AvgIpc) is 2.76. The number of likely N-dealkylation sites (tertiary alicyclic amines) is 1. The second kappa shape index (κ2) is 11.3. The first-order chi connectivity index (χ1) is 15.0. The van der Waals surface area contributed by atoms with Gasteiger partial charge in [0.2, 0.25) is 5.91 Å². The molecule has 1 heterocycles. The first-order valence-corrected chi connectivity index (χ1v) is 11.2. The molecule has 2 N–H and O–H groups in total. The highest BCUT2D eigenvalue weighted by molar-refractivity contribution is 6.30. The Balaban J connectivity index is 1.54. The van der Waals surface area contributed by atoms with Gasteiger partial charge in [0.15, 0.2) is 0 Å². The number of anilines is 1. The maximum atomic E-state index is 14.0. The van der Waals surface area contributed by atoms with Crippen LogP contribution >= 0.6 is 11.6 Å². The lowest BCUT2D eigenvalue weighted by atomic mass is 9.95. The van der Waals surface area contributed by atoms with Crippen LogP contribution in [0.25, 0.3) is 0 Å². The van der Waals surface area contributed by atoms with Crippen LogP contribution in [0.1, 0.15) is 48.5 Å². The number of unbranched alkanes of at least 4 members (excludes halogenated alkanes) is 1. The molecule has 1 fully saturated rings. The molecular weight excluding hydrogens is 417 g/mol. The Labute approximate surface area is 188 Å². The Bertz CT molecular complexity index is 913. The lowest BCUT2D eigenvalue weighted by Gasteiger charge is -2.31. The normalized spacial score (nSPS) is 14.9. The SMILES string of the molecule is CCCCNC(=O)c1ccccc1NC(=O)C1CCN(Cc2ccc(Cl)cc2F)CC1. The predicted molar refractivity (Wildman–Crippen MR) is 122 cm³/mol. The molecule has 7 heteroatoms. The fraction of sp³-hybridized carbons (Fsp3) is 0.417. The summed E-state index contributed by atoms with van der Waals surface area (Å²) in [5.41, 5.74) is 1.62. The van der Waals surface area contributed by atoms with Gasteiger partial charge in [0, 0.05) is 29.6 Å². The average molecular weight is 446 g/mol. The molecular formula is C24H29ClFN3O2. The highest BCUT2D eigenvalue weighted by Gasteiger charge is 2.26.